The monoisotopic (exact) mass is 336 g/mol. The first-order chi connectivity index (χ1) is 12.1. The number of carbonyl (C=O) groups excluding carboxylic acids is 1. The third-order valence-corrected chi connectivity index (χ3v) is 4.49. The maximum absolute atomic E-state index is 12.6. The predicted octanol–water partition coefficient (Wildman–Crippen LogP) is 4.27. The molecule has 0 spiro atoms. The molecule has 0 fully saturated rings. The summed E-state index contributed by atoms with van der Waals surface area (Å²) in [6.07, 6.45) is 0.879. The minimum atomic E-state index is -0.467. The van der Waals surface area contributed by atoms with Gasteiger partial charge in [-0.15, -0.1) is 0 Å². The molecular formula is C20H20N2O3. The van der Waals surface area contributed by atoms with E-state index < -0.39 is 5.97 Å². The van der Waals surface area contributed by atoms with Crippen LogP contribution in [-0.4, -0.2) is 22.2 Å². The van der Waals surface area contributed by atoms with Gasteiger partial charge in [0.25, 0.3) is 0 Å². The van der Waals surface area contributed by atoms with E-state index in [0.717, 1.165) is 23.0 Å². The molecule has 5 heteroatoms. The topological polar surface area (TPSA) is 75.2 Å². The fraction of sp³-hybridized carbons (Fsp3) is 0.300. The largest absolute Gasteiger partial charge is 0.506 e. The number of aryl methyl sites for hydroxylation is 1. The number of aromatic nitrogens is 1. The molecule has 128 valence electrons. The van der Waals surface area contributed by atoms with Crippen LogP contribution < -0.4 is 0 Å². The molecule has 1 heterocycles. The lowest BCUT2D eigenvalue weighted by molar-refractivity contribution is 0.0527. The molecule has 0 amide bonds. The van der Waals surface area contributed by atoms with Gasteiger partial charge in [0.05, 0.1) is 17.7 Å². The quantitative estimate of drug-likeness (QED) is 0.722. The molecule has 0 aliphatic heterocycles. The minimum Gasteiger partial charge on any atom is -0.506 e. The maximum Gasteiger partial charge on any atom is 0.340 e. The first kappa shape index (κ1) is 16.8. The van der Waals surface area contributed by atoms with E-state index in [9.17, 15) is 15.2 Å². The van der Waals surface area contributed by atoms with Crippen molar-refractivity contribution in [3.63, 3.8) is 0 Å². The number of hydrogen-bond donors (Lipinski definition) is 1. The van der Waals surface area contributed by atoms with Crippen LogP contribution in [-0.2, 0) is 11.3 Å². The van der Waals surface area contributed by atoms with E-state index in [-0.39, 0.29) is 17.9 Å². The van der Waals surface area contributed by atoms with E-state index in [4.69, 9.17) is 4.74 Å². The van der Waals surface area contributed by atoms with Crippen LogP contribution in [0, 0.1) is 18.3 Å². The summed E-state index contributed by atoms with van der Waals surface area (Å²) in [5, 5.41) is 22.2. The highest BCUT2D eigenvalue weighted by atomic mass is 16.5. The predicted molar refractivity (Wildman–Crippen MR) is 96.8 cm³/mol. The van der Waals surface area contributed by atoms with Gasteiger partial charge in [-0.2, -0.15) is 5.26 Å². The molecule has 0 bridgehead atoms. The number of phenolic OH excluding ortho intramolecular Hbond substituents is 1. The Morgan fingerprint density at radius 3 is 2.56 bits per heavy atom. The van der Waals surface area contributed by atoms with E-state index in [0.29, 0.717) is 22.9 Å². The maximum atomic E-state index is 12.6. The second-order valence-corrected chi connectivity index (χ2v) is 5.94. The van der Waals surface area contributed by atoms with Crippen LogP contribution in [0.4, 0.5) is 0 Å². The van der Waals surface area contributed by atoms with Crippen molar-refractivity contribution < 1.29 is 14.6 Å². The number of carbonyl (C=O) groups is 1. The van der Waals surface area contributed by atoms with Crippen LogP contribution in [0.5, 0.6) is 5.75 Å². The number of phenols is 1. The molecular weight excluding hydrogens is 316 g/mol. The van der Waals surface area contributed by atoms with Gasteiger partial charge in [0.1, 0.15) is 17.4 Å². The molecule has 0 radical (unpaired) electrons. The van der Waals surface area contributed by atoms with Gasteiger partial charge >= 0.3 is 5.97 Å². The smallest absolute Gasteiger partial charge is 0.340 e. The second-order valence-electron chi connectivity index (χ2n) is 5.94. The number of nitriles is 1. The third-order valence-electron chi connectivity index (χ3n) is 4.49. The number of aromatic hydroxyl groups is 1. The summed E-state index contributed by atoms with van der Waals surface area (Å²) in [4.78, 5) is 12.6. The molecule has 5 nitrogen and oxygen atoms in total. The molecule has 1 N–H and O–H groups in total. The van der Waals surface area contributed by atoms with Crippen LogP contribution in [0.2, 0.25) is 0 Å². The Morgan fingerprint density at radius 2 is 1.96 bits per heavy atom. The van der Waals surface area contributed by atoms with E-state index in [1.54, 1.807) is 13.0 Å². The number of benzene rings is 2. The van der Waals surface area contributed by atoms with Gasteiger partial charge in [-0.05, 0) is 20.3 Å². The van der Waals surface area contributed by atoms with Crippen molar-refractivity contribution in [2.24, 2.45) is 0 Å². The Balaban J connectivity index is 2.60. The Labute approximate surface area is 146 Å². The highest BCUT2D eigenvalue weighted by Gasteiger charge is 2.27. The highest BCUT2D eigenvalue weighted by Crippen LogP contribution is 2.41. The fourth-order valence-electron chi connectivity index (χ4n) is 3.47. The van der Waals surface area contributed by atoms with Crippen LogP contribution in [0.25, 0.3) is 21.7 Å². The lowest BCUT2D eigenvalue weighted by Crippen LogP contribution is -2.07. The SMILES string of the molecule is CCCn1c(C)c(C(=O)OCC)c2c(C#N)c(O)c3ccccc3c21. The molecule has 3 rings (SSSR count). The summed E-state index contributed by atoms with van der Waals surface area (Å²) < 4.78 is 7.26. The van der Waals surface area contributed by atoms with E-state index in [1.807, 2.05) is 29.7 Å². The van der Waals surface area contributed by atoms with Gasteiger partial charge in [-0.25, -0.2) is 4.79 Å². The number of ether oxygens (including phenoxy) is 1. The van der Waals surface area contributed by atoms with Crippen molar-refractivity contribution in [2.45, 2.75) is 33.7 Å². The molecule has 2 aromatic carbocycles. The van der Waals surface area contributed by atoms with Gasteiger partial charge in [-0.1, -0.05) is 31.2 Å². The average molecular weight is 336 g/mol. The van der Waals surface area contributed by atoms with Crippen LogP contribution in [0.1, 0.15) is 41.9 Å². The van der Waals surface area contributed by atoms with Gasteiger partial charge in [0.2, 0.25) is 0 Å². The van der Waals surface area contributed by atoms with E-state index in [1.165, 1.54) is 0 Å². The molecule has 25 heavy (non-hydrogen) atoms. The molecule has 3 aromatic rings. The van der Waals surface area contributed by atoms with Crippen LogP contribution in [0.15, 0.2) is 24.3 Å². The standard InChI is InChI=1S/C20H20N2O3/c1-4-10-22-12(3)16(20(24)25-5-2)17-15(11-21)19(23)14-9-7-6-8-13(14)18(17)22/h6-9,23H,4-5,10H2,1-3H3. The molecule has 0 atom stereocenters. The van der Waals surface area contributed by atoms with Crippen molar-refractivity contribution in [3.05, 3.63) is 41.1 Å². The normalized spacial score (nSPS) is 11.0. The van der Waals surface area contributed by atoms with Crippen molar-refractivity contribution >= 4 is 27.6 Å². The van der Waals surface area contributed by atoms with Crippen molar-refractivity contribution in [1.29, 1.82) is 5.26 Å². The zero-order chi connectivity index (χ0) is 18.1. The summed E-state index contributed by atoms with van der Waals surface area (Å²) in [5.74, 6) is -0.559. The number of nitrogens with zero attached hydrogens (tertiary/aromatic N) is 2. The Hall–Kier alpha value is -3.00. The minimum absolute atomic E-state index is 0.0928. The number of esters is 1. The molecule has 1 aromatic heterocycles. The summed E-state index contributed by atoms with van der Waals surface area (Å²) in [6, 6.07) is 9.47. The van der Waals surface area contributed by atoms with Gasteiger partial charge in [0, 0.05) is 28.4 Å². The fourth-order valence-corrected chi connectivity index (χ4v) is 3.47. The molecule has 0 aliphatic carbocycles. The second kappa shape index (κ2) is 6.48. The summed E-state index contributed by atoms with van der Waals surface area (Å²) in [6.45, 7) is 6.62. The molecule has 0 aliphatic rings. The molecule has 0 saturated carbocycles. The number of rotatable bonds is 4. The first-order valence-electron chi connectivity index (χ1n) is 8.40. The Kier molecular flexibility index (Phi) is 4.37. The Morgan fingerprint density at radius 1 is 1.28 bits per heavy atom. The van der Waals surface area contributed by atoms with Crippen LogP contribution in [0.3, 0.4) is 0 Å². The summed E-state index contributed by atoms with van der Waals surface area (Å²) >= 11 is 0. The summed E-state index contributed by atoms with van der Waals surface area (Å²) in [7, 11) is 0. The third kappa shape index (κ3) is 2.42. The highest BCUT2D eigenvalue weighted by molar-refractivity contribution is 6.18. The average Bonchev–Trinajstić information content (AvgIpc) is 2.89. The zero-order valence-electron chi connectivity index (χ0n) is 14.6. The van der Waals surface area contributed by atoms with Crippen molar-refractivity contribution in [2.75, 3.05) is 6.61 Å². The lowest BCUT2D eigenvalue weighted by atomic mass is 9.98. The number of hydrogen-bond acceptors (Lipinski definition) is 4. The van der Waals surface area contributed by atoms with Gasteiger partial charge in [0.15, 0.2) is 0 Å². The van der Waals surface area contributed by atoms with E-state index in [2.05, 4.69) is 13.0 Å². The van der Waals surface area contributed by atoms with Crippen LogP contribution >= 0.6 is 0 Å². The molecule has 0 saturated heterocycles. The van der Waals surface area contributed by atoms with E-state index >= 15 is 0 Å². The van der Waals surface area contributed by atoms with Crippen molar-refractivity contribution in [1.82, 2.24) is 4.57 Å². The Bertz CT molecular complexity index is 1030. The van der Waals surface area contributed by atoms with Crippen molar-refractivity contribution in [3.8, 4) is 11.8 Å². The first-order valence-corrected chi connectivity index (χ1v) is 8.40. The van der Waals surface area contributed by atoms with Gasteiger partial charge < -0.3 is 14.4 Å². The van der Waals surface area contributed by atoms with Gasteiger partial charge in [-0.3, -0.25) is 0 Å². The zero-order valence-corrected chi connectivity index (χ0v) is 14.6. The lowest BCUT2D eigenvalue weighted by Gasteiger charge is -2.10. The summed E-state index contributed by atoms with van der Waals surface area (Å²) in [5.41, 5.74) is 2.03. The number of fused-ring (bicyclic) bond motifs is 3. The molecule has 0 unspecified atom stereocenters.